The normalized spacial score (nSPS) is 10.8. The summed E-state index contributed by atoms with van der Waals surface area (Å²) in [5.41, 5.74) is 3.04. The molecule has 1 unspecified atom stereocenters. The summed E-state index contributed by atoms with van der Waals surface area (Å²) in [6, 6.07) is 16.3. The van der Waals surface area contributed by atoms with Crippen LogP contribution in [0.15, 0.2) is 48.5 Å². The number of benzene rings is 2. The zero-order chi connectivity index (χ0) is 11.0. The van der Waals surface area contributed by atoms with Crippen molar-refractivity contribution in [3.8, 4) is 5.69 Å². The van der Waals surface area contributed by atoms with Gasteiger partial charge in [0.25, 0.3) is 0 Å². The van der Waals surface area contributed by atoms with Crippen molar-refractivity contribution in [2.75, 3.05) is 0 Å². The number of fused-ring (bicyclic) bond motifs is 1. The second-order valence-electron chi connectivity index (χ2n) is 3.58. The average Bonchev–Trinajstić information content (AvgIpc) is 2.73. The Labute approximate surface area is 102 Å². The van der Waals surface area contributed by atoms with Gasteiger partial charge in [0, 0.05) is 0 Å². The summed E-state index contributed by atoms with van der Waals surface area (Å²) in [6.07, 6.45) is 0. The molecule has 16 heavy (non-hydrogen) atoms. The number of aromatic nitrogens is 3. The third kappa shape index (κ3) is 1.53. The molecule has 1 aromatic heterocycles. The standard InChI is InChI=1S/C12H10AsN3/c13-9-6-7-12-11(8-9)14-15-16(12)10-4-2-1-3-5-10/h1-8H,13H2. The maximum absolute atomic E-state index is 4.18. The Balaban J connectivity index is 2.26. The van der Waals surface area contributed by atoms with E-state index >= 15 is 0 Å². The quantitative estimate of drug-likeness (QED) is 0.609. The maximum atomic E-state index is 4.18. The molecule has 0 aliphatic carbocycles. The topological polar surface area (TPSA) is 30.7 Å². The molecule has 0 N–H and O–H groups in total. The first-order valence-electron chi connectivity index (χ1n) is 5.01. The van der Waals surface area contributed by atoms with Crippen molar-refractivity contribution in [2.45, 2.75) is 0 Å². The Morgan fingerprint density at radius 1 is 1.00 bits per heavy atom. The molecule has 0 saturated carbocycles. The molecule has 0 spiro atoms. The molecule has 1 atom stereocenters. The van der Waals surface area contributed by atoms with E-state index in [0.29, 0.717) is 0 Å². The van der Waals surface area contributed by atoms with Gasteiger partial charge in [-0.1, -0.05) is 0 Å². The van der Waals surface area contributed by atoms with Crippen molar-refractivity contribution in [2.24, 2.45) is 0 Å². The third-order valence-corrected chi connectivity index (χ3v) is 3.22. The number of nitrogens with zero attached hydrogens (tertiary/aromatic N) is 3. The molecule has 3 nitrogen and oxygen atoms in total. The Morgan fingerprint density at radius 3 is 2.62 bits per heavy atom. The molecule has 0 saturated heterocycles. The molecular weight excluding hydrogens is 261 g/mol. The van der Waals surface area contributed by atoms with Gasteiger partial charge in [-0.05, 0) is 0 Å². The molecule has 2 aromatic carbocycles. The minimum atomic E-state index is 0.950. The van der Waals surface area contributed by atoms with Gasteiger partial charge in [-0.15, -0.1) is 0 Å². The van der Waals surface area contributed by atoms with Gasteiger partial charge in [0.05, 0.1) is 0 Å². The third-order valence-electron chi connectivity index (χ3n) is 2.47. The van der Waals surface area contributed by atoms with Gasteiger partial charge in [-0.2, -0.15) is 0 Å². The average molecular weight is 271 g/mol. The van der Waals surface area contributed by atoms with Gasteiger partial charge in [0.2, 0.25) is 0 Å². The van der Waals surface area contributed by atoms with Crippen LogP contribution in [-0.2, 0) is 0 Å². The van der Waals surface area contributed by atoms with Crippen LogP contribution < -0.4 is 4.35 Å². The summed E-state index contributed by atoms with van der Waals surface area (Å²) < 4.78 is 3.13. The molecule has 3 aromatic rings. The van der Waals surface area contributed by atoms with Crippen LogP contribution in [0.1, 0.15) is 0 Å². The van der Waals surface area contributed by atoms with Crippen molar-refractivity contribution in [1.29, 1.82) is 0 Å². The molecule has 3 rings (SSSR count). The van der Waals surface area contributed by atoms with Gasteiger partial charge >= 0.3 is 101 Å². The van der Waals surface area contributed by atoms with Gasteiger partial charge in [0.15, 0.2) is 0 Å². The Bertz CT molecular complexity index is 631. The molecule has 4 heteroatoms. The number of rotatable bonds is 1. The molecule has 0 aliphatic rings. The van der Waals surface area contributed by atoms with Crippen LogP contribution in [0.4, 0.5) is 0 Å². The monoisotopic (exact) mass is 271 g/mol. The first-order valence-corrected chi connectivity index (χ1v) is 6.22. The van der Waals surface area contributed by atoms with E-state index in [1.54, 1.807) is 16.9 Å². The van der Waals surface area contributed by atoms with Crippen molar-refractivity contribution < 1.29 is 0 Å². The van der Waals surface area contributed by atoms with Crippen LogP contribution >= 0.6 is 0 Å². The van der Waals surface area contributed by atoms with Crippen LogP contribution in [0, 0.1) is 0 Å². The molecular formula is C12H10AsN3. The first kappa shape index (κ1) is 9.61. The van der Waals surface area contributed by atoms with Crippen LogP contribution in [0.2, 0.25) is 0 Å². The second-order valence-corrected chi connectivity index (χ2v) is 4.98. The molecule has 0 amide bonds. The fourth-order valence-corrected chi connectivity index (χ4v) is 2.23. The molecule has 0 aliphatic heterocycles. The molecule has 0 bridgehead atoms. The summed E-state index contributed by atoms with van der Waals surface area (Å²) in [4.78, 5) is 0. The van der Waals surface area contributed by atoms with E-state index in [1.807, 2.05) is 35.0 Å². The summed E-state index contributed by atoms with van der Waals surface area (Å²) in [7, 11) is 0. The number of hydrogen-bond donors (Lipinski definition) is 0. The molecule has 0 radical (unpaired) electrons. The predicted octanol–water partition coefficient (Wildman–Crippen LogP) is 0.679. The number of para-hydroxylation sites is 1. The van der Waals surface area contributed by atoms with Crippen LogP contribution in [0.5, 0.6) is 0 Å². The number of hydrogen-bond acceptors (Lipinski definition) is 2. The summed E-state index contributed by atoms with van der Waals surface area (Å²) in [5, 5.41) is 8.36. The second kappa shape index (κ2) is 3.76. The zero-order valence-electron chi connectivity index (χ0n) is 8.54. The van der Waals surface area contributed by atoms with Gasteiger partial charge < -0.3 is 0 Å². The fourth-order valence-electron chi connectivity index (χ4n) is 1.70. The molecule has 78 valence electrons. The first-order chi connectivity index (χ1) is 7.84. The van der Waals surface area contributed by atoms with Crippen molar-refractivity contribution in [3.05, 3.63) is 48.5 Å². The Kier molecular flexibility index (Phi) is 2.26. The van der Waals surface area contributed by atoms with Gasteiger partial charge in [0.1, 0.15) is 0 Å². The van der Waals surface area contributed by atoms with E-state index in [2.05, 4.69) is 28.5 Å². The van der Waals surface area contributed by atoms with E-state index in [0.717, 1.165) is 16.7 Å². The van der Waals surface area contributed by atoms with Crippen LogP contribution in [-0.4, -0.2) is 31.8 Å². The van der Waals surface area contributed by atoms with Gasteiger partial charge in [-0.3, -0.25) is 0 Å². The summed E-state index contributed by atoms with van der Waals surface area (Å²) in [5.74, 6) is 0. The fraction of sp³-hybridized carbons (Fsp3) is 0. The van der Waals surface area contributed by atoms with Crippen molar-refractivity contribution >= 4 is 32.2 Å². The van der Waals surface area contributed by atoms with E-state index in [9.17, 15) is 0 Å². The Morgan fingerprint density at radius 2 is 1.81 bits per heavy atom. The summed E-state index contributed by atoms with van der Waals surface area (Å²) in [6.45, 7) is 0. The minimum absolute atomic E-state index is 0.950. The van der Waals surface area contributed by atoms with Crippen molar-refractivity contribution in [3.63, 3.8) is 0 Å². The zero-order valence-corrected chi connectivity index (χ0v) is 11.0. The van der Waals surface area contributed by atoms with E-state index in [4.69, 9.17) is 0 Å². The predicted molar refractivity (Wildman–Crippen MR) is 67.0 cm³/mol. The molecule has 1 heterocycles. The van der Waals surface area contributed by atoms with E-state index in [-0.39, 0.29) is 0 Å². The van der Waals surface area contributed by atoms with Gasteiger partial charge in [-0.25, -0.2) is 0 Å². The van der Waals surface area contributed by atoms with Crippen LogP contribution in [0.25, 0.3) is 16.7 Å². The molecule has 0 fully saturated rings. The van der Waals surface area contributed by atoms with E-state index < -0.39 is 0 Å². The Hall–Kier alpha value is -1.60. The van der Waals surface area contributed by atoms with E-state index in [1.165, 1.54) is 4.35 Å². The summed E-state index contributed by atoms with van der Waals surface area (Å²) >= 11 is 1.60. The SMILES string of the molecule is [AsH2]c1ccc2c(c1)nnn2-c1ccccc1. The van der Waals surface area contributed by atoms with Crippen molar-refractivity contribution in [1.82, 2.24) is 15.0 Å². The van der Waals surface area contributed by atoms with Crippen LogP contribution in [0.3, 0.4) is 0 Å².